The van der Waals surface area contributed by atoms with E-state index < -0.39 is 5.97 Å². The monoisotopic (exact) mass is 262 g/mol. The lowest BCUT2D eigenvalue weighted by molar-refractivity contribution is -0.143. The van der Waals surface area contributed by atoms with Crippen LogP contribution in [-0.2, 0) is 4.79 Å². The molecule has 2 unspecified atom stereocenters. The number of carboxylic acids is 1. The molecule has 2 atom stereocenters. The lowest BCUT2D eigenvalue weighted by atomic mass is 9.86. The van der Waals surface area contributed by atoms with Gasteiger partial charge in [0.15, 0.2) is 0 Å². The van der Waals surface area contributed by atoms with Crippen molar-refractivity contribution in [3.63, 3.8) is 0 Å². The minimum absolute atomic E-state index is 0.0651. The summed E-state index contributed by atoms with van der Waals surface area (Å²) in [5.74, 6) is -1.34. The summed E-state index contributed by atoms with van der Waals surface area (Å²) in [4.78, 5) is 27.2. The number of amides is 1. The van der Waals surface area contributed by atoms with E-state index in [0.717, 1.165) is 18.5 Å². The molecule has 1 aliphatic rings. The van der Waals surface area contributed by atoms with Crippen LogP contribution in [0.5, 0.6) is 0 Å². The van der Waals surface area contributed by atoms with Crippen molar-refractivity contribution in [1.82, 2.24) is 10.3 Å². The zero-order valence-electron chi connectivity index (χ0n) is 10.9. The third kappa shape index (κ3) is 3.53. The molecule has 0 bridgehead atoms. The lowest BCUT2D eigenvalue weighted by Gasteiger charge is -2.27. The van der Waals surface area contributed by atoms with E-state index in [1.54, 1.807) is 12.1 Å². The molecule has 1 heterocycles. The Morgan fingerprint density at radius 1 is 1.37 bits per heavy atom. The zero-order valence-corrected chi connectivity index (χ0v) is 10.9. The minimum atomic E-state index is -0.771. The molecule has 0 radical (unpaired) electrons. The molecule has 0 aliphatic heterocycles. The van der Waals surface area contributed by atoms with Crippen molar-refractivity contribution in [2.45, 2.75) is 38.6 Å². The van der Waals surface area contributed by atoms with E-state index in [4.69, 9.17) is 5.11 Å². The van der Waals surface area contributed by atoms with Crippen LogP contribution in [0, 0.1) is 12.8 Å². The Kier molecular flexibility index (Phi) is 4.14. The second-order valence-corrected chi connectivity index (χ2v) is 5.04. The number of aryl methyl sites for hydroxylation is 1. The minimum Gasteiger partial charge on any atom is -0.481 e. The number of aliphatic carboxylic acids is 1. The SMILES string of the molecule is Cc1cccc(C(=O)NC2CCCC(C(=O)O)C2)n1. The van der Waals surface area contributed by atoms with Gasteiger partial charge in [-0.2, -0.15) is 0 Å². The Bertz CT molecular complexity index is 487. The highest BCUT2D eigenvalue weighted by molar-refractivity contribution is 5.92. The molecule has 0 spiro atoms. The van der Waals surface area contributed by atoms with Gasteiger partial charge in [0.05, 0.1) is 5.92 Å². The van der Waals surface area contributed by atoms with Crippen molar-refractivity contribution >= 4 is 11.9 Å². The van der Waals surface area contributed by atoms with E-state index in [-0.39, 0.29) is 17.9 Å². The van der Waals surface area contributed by atoms with Gasteiger partial charge in [0.25, 0.3) is 5.91 Å². The Morgan fingerprint density at radius 3 is 2.84 bits per heavy atom. The molecule has 1 saturated carbocycles. The molecule has 0 aromatic carbocycles. The number of nitrogens with zero attached hydrogens (tertiary/aromatic N) is 1. The third-order valence-electron chi connectivity index (χ3n) is 3.48. The summed E-state index contributed by atoms with van der Waals surface area (Å²) in [5.41, 5.74) is 1.18. The van der Waals surface area contributed by atoms with Gasteiger partial charge in [0.1, 0.15) is 5.69 Å². The second kappa shape index (κ2) is 5.82. The molecule has 5 heteroatoms. The summed E-state index contributed by atoms with van der Waals surface area (Å²) in [6.45, 7) is 1.83. The van der Waals surface area contributed by atoms with Crippen LogP contribution in [0.3, 0.4) is 0 Å². The summed E-state index contributed by atoms with van der Waals surface area (Å²) in [6.07, 6.45) is 2.88. The molecule has 1 aromatic heterocycles. The van der Waals surface area contributed by atoms with Crippen molar-refractivity contribution in [3.05, 3.63) is 29.6 Å². The fourth-order valence-corrected chi connectivity index (χ4v) is 2.47. The number of carbonyl (C=O) groups is 2. The second-order valence-electron chi connectivity index (χ2n) is 5.04. The number of carboxylic acid groups (broad SMARTS) is 1. The summed E-state index contributed by atoms with van der Waals surface area (Å²) >= 11 is 0. The maximum absolute atomic E-state index is 12.0. The van der Waals surface area contributed by atoms with Crippen LogP contribution in [0.1, 0.15) is 41.9 Å². The third-order valence-corrected chi connectivity index (χ3v) is 3.48. The predicted molar refractivity (Wildman–Crippen MR) is 69.8 cm³/mol. The summed E-state index contributed by atoms with van der Waals surface area (Å²) in [5, 5.41) is 11.9. The smallest absolute Gasteiger partial charge is 0.306 e. The number of hydrogen-bond donors (Lipinski definition) is 2. The summed E-state index contributed by atoms with van der Waals surface area (Å²) < 4.78 is 0. The van der Waals surface area contributed by atoms with Crippen LogP contribution in [-0.4, -0.2) is 28.0 Å². The molecule has 2 N–H and O–H groups in total. The molecule has 1 aromatic rings. The van der Waals surface area contributed by atoms with Crippen molar-refractivity contribution in [1.29, 1.82) is 0 Å². The highest BCUT2D eigenvalue weighted by atomic mass is 16.4. The number of aromatic nitrogens is 1. The van der Waals surface area contributed by atoms with Crippen molar-refractivity contribution < 1.29 is 14.7 Å². The highest BCUT2D eigenvalue weighted by Gasteiger charge is 2.28. The molecule has 1 aliphatic carbocycles. The Morgan fingerprint density at radius 2 is 2.16 bits per heavy atom. The standard InChI is InChI=1S/C14H18N2O3/c1-9-4-2-7-12(15-9)13(17)16-11-6-3-5-10(8-11)14(18)19/h2,4,7,10-11H,3,5-6,8H2,1H3,(H,16,17)(H,18,19). The molecule has 2 rings (SSSR count). The Balaban J connectivity index is 1.97. The van der Waals surface area contributed by atoms with Gasteiger partial charge in [0, 0.05) is 11.7 Å². The molecule has 19 heavy (non-hydrogen) atoms. The zero-order chi connectivity index (χ0) is 13.8. The van der Waals surface area contributed by atoms with Crippen LogP contribution in [0.2, 0.25) is 0 Å². The van der Waals surface area contributed by atoms with Crippen molar-refractivity contribution in [3.8, 4) is 0 Å². The van der Waals surface area contributed by atoms with Gasteiger partial charge in [-0.25, -0.2) is 4.98 Å². The van der Waals surface area contributed by atoms with Crippen LogP contribution in [0.15, 0.2) is 18.2 Å². The molecular formula is C14H18N2O3. The van der Waals surface area contributed by atoms with E-state index in [2.05, 4.69) is 10.3 Å². The van der Waals surface area contributed by atoms with Gasteiger partial charge in [-0.15, -0.1) is 0 Å². The average molecular weight is 262 g/mol. The number of nitrogens with one attached hydrogen (secondary N) is 1. The van der Waals surface area contributed by atoms with Gasteiger partial charge in [-0.1, -0.05) is 12.5 Å². The number of rotatable bonds is 3. The topological polar surface area (TPSA) is 79.3 Å². The lowest BCUT2D eigenvalue weighted by Crippen LogP contribution is -2.40. The van der Waals surface area contributed by atoms with Gasteiger partial charge in [-0.05, 0) is 38.3 Å². The first kappa shape index (κ1) is 13.5. The maximum atomic E-state index is 12.0. The average Bonchev–Trinajstić information content (AvgIpc) is 2.39. The largest absolute Gasteiger partial charge is 0.481 e. The van der Waals surface area contributed by atoms with E-state index in [9.17, 15) is 9.59 Å². The molecule has 1 fully saturated rings. The molecule has 1 amide bonds. The normalized spacial score (nSPS) is 22.8. The molecule has 5 nitrogen and oxygen atoms in total. The van der Waals surface area contributed by atoms with Crippen LogP contribution < -0.4 is 5.32 Å². The molecule has 0 saturated heterocycles. The first-order valence-electron chi connectivity index (χ1n) is 6.53. The van der Waals surface area contributed by atoms with Crippen LogP contribution in [0.25, 0.3) is 0 Å². The quantitative estimate of drug-likeness (QED) is 0.870. The predicted octanol–water partition coefficient (Wildman–Crippen LogP) is 1.76. The maximum Gasteiger partial charge on any atom is 0.306 e. The van der Waals surface area contributed by atoms with E-state index >= 15 is 0 Å². The highest BCUT2D eigenvalue weighted by Crippen LogP contribution is 2.24. The number of hydrogen-bond acceptors (Lipinski definition) is 3. The first-order valence-corrected chi connectivity index (χ1v) is 6.53. The van der Waals surface area contributed by atoms with Gasteiger partial charge < -0.3 is 10.4 Å². The van der Waals surface area contributed by atoms with E-state index in [0.29, 0.717) is 18.5 Å². The first-order chi connectivity index (χ1) is 9.06. The number of pyridine rings is 1. The fraction of sp³-hybridized carbons (Fsp3) is 0.500. The molecular weight excluding hydrogens is 244 g/mol. The van der Waals surface area contributed by atoms with Crippen molar-refractivity contribution in [2.75, 3.05) is 0 Å². The Labute approximate surface area is 112 Å². The van der Waals surface area contributed by atoms with E-state index in [1.165, 1.54) is 0 Å². The fourth-order valence-electron chi connectivity index (χ4n) is 2.47. The van der Waals surface area contributed by atoms with Crippen LogP contribution in [0.4, 0.5) is 0 Å². The summed E-state index contributed by atoms with van der Waals surface area (Å²) in [7, 11) is 0. The van der Waals surface area contributed by atoms with Crippen molar-refractivity contribution in [2.24, 2.45) is 5.92 Å². The number of carbonyl (C=O) groups excluding carboxylic acids is 1. The van der Waals surface area contributed by atoms with E-state index in [1.807, 2.05) is 13.0 Å². The van der Waals surface area contributed by atoms with Gasteiger partial charge in [0.2, 0.25) is 0 Å². The van der Waals surface area contributed by atoms with Crippen LogP contribution >= 0.6 is 0 Å². The summed E-state index contributed by atoms with van der Waals surface area (Å²) in [6, 6.07) is 5.22. The Hall–Kier alpha value is -1.91. The van der Waals surface area contributed by atoms with Gasteiger partial charge >= 0.3 is 5.97 Å². The van der Waals surface area contributed by atoms with Gasteiger partial charge in [-0.3, -0.25) is 9.59 Å². The molecule has 102 valence electrons.